The molecule has 1 rings (SSSR count). The number of hydrogen-bond acceptors (Lipinski definition) is 4. The predicted molar refractivity (Wildman–Crippen MR) is 47.2 cm³/mol. The number of anilines is 1. The number of phenolic OH excluding ortho intramolecular Hbond substituents is 1. The Labute approximate surface area is 101 Å². The summed E-state index contributed by atoms with van der Waals surface area (Å²) in [5.41, 5.74) is 4.72. The number of rotatable bonds is 1. The second kappa shape index (κ2) is 4.49. The molecule has 0 aromatic heterocycles. The number of benzene rings is 1. The maximum absolute atomic E-state index is 10.2. The summed E-state index contributed by atoms with van der Waals surface area (Å²) in [5.74, 6) is -0.265. The van der Waals surface area contributed by atoms with E-state index in [9.17, 15) is 10.1 Å². The molecule has 0 aliphatic carbocycles. The summed E-state index contributed by atoms with van der Waals surface area (Å²) in [4.78, 5) is 9.54. The first kappa shape index (κ1) is 11.5. The molecule has 0 amide bonds. The summed E-state index contributed by atoms with van der Waals surface area (Å²) < 4.78 is 0. The Balaban J connectivity index is -0.000000403. The Hall–Kier alpha value is -0.520. The zero-order valence-corrected chi connectivity index (χ0v) is 8.44. The summed E-state index contributed by atoms with van der Waals surface area (Å²) in [6.45, 7) is 0. The smallest absolute Gasteiger partial charge is 1.00 e. The van der Waals surface area contributed by atoms with Gasteiger partial charge < -0.3 is 13.7 Å². The van der Waals surface area contributed by atoms with Crippen LogP contribution in [0.5, 0.6) is 5.75 Å². The first-order chi connectivity index (χ1) is 5.13. The third kappa shape index (κ3) is 2.23. The molecule has 3 N–H and O–H groups in total. The standard InChI is InChI=1S/C6H6N2O3.Ca.2H/c7-6-4(8(10)11)2-1-3-5(6)9;;;/h1-3,9H,7H2;;;/q;+2;2*-1. The van der Waals surface area contributed by atoms with Gasteiger partial charge in [0, 0.05) is 6.07 Å². The second-order valence-electron chi connectivity index (χ2n) is 1.97. The number of nitrogens with zero attached hydrogens (tertiary/aromatic N) is 1. The van der Waals surface area contributed by atoms with E-state index in [0.717, 1.165) is 0 Å². The number of nitro groups is 1. The zero-order chi connectivity index (χ0) is 8.43. The number of nitrogens with two attached hydrogens (primary N) is 1. The normalized spacial score (nSPS) is 8.67. The van der Waals surface area contributed by atoms with Gasteiger partial charge in [0.15, 0.2) is 5.69 Å². The molecule has 62 valence electrons. The van der Waals surface area contributed by atoms with Gasteiger partial charge in [0.05, 0.1) is 4.92 Å². The van der Waals surface area contributed by atoms with Gasteiger partial charge >= 0.3 is 37.7 Å². The molecular weight excluding hydrogens is 188 g/mol. The first-order valence-corrected chi connectivity index (χ1v) is 2.85. The molecule has 0 radical (unpaired) electrons. The van der Waals surface area contributed by atoms with Gasteiger partial charge in [0.1, 0.15) is 5.75 Å². The van der Waals surface area contributed by atoms with Gasteiger partial charge in [-0.05, 0) is 6.07 Å². The Morgan fingerprint density at radius 1 is 1.58 bits per heavy atom. The SMILES string of the molecule is Nc1c(O)cccc1[N+](=O)[O-].[Ca+2].[H-].[H-]. The molecule has 1 aromatic rings. The van der Waals surface area contributed by atoms with Gasteiger partial charge in [-0.2, -0.15) is 0 Å². The minimum atomic E-state index is -0.644. The topological polar surface area (TPSA) is 89.4 Å². The summed E-state index contributed by atoms with van der Waals surface area (Å²) in [6, 6.07) is 3.89. The minimum Gasteiger partial charge on any atom is -1.00 e. The Morgan fingerprint density at radius 3 is 2.58 bits per heavy atom. The van der Waals surface area contributed by atoms with E-state index in [2.05, 4.69) is 0 Å². The van der Waals surface area contributed by atoms with Crippen molar-refractivity contribution in [2.45, 2.75) is 0 Å². The number of nitro benzene ring substituents is 1. The van der Waals surface area contributed by atoms with Crippen molar-refractivity contribution in [2.24, 2.45) is 0 Å². The van der Waals surface area contributed by atoms with E-state index in [1.165, 1.54) is 18.2 Å². The molecule has 0 spiro atoms. The average Bonchev–Trinajstić information content (AvgIpc) is 1.94. The van der Waals surface area contributed by atoms with E-state index in [0.29, 0.717) is 0 Å². The van der Waals surface area contributed by atoms with Crippen molar-refractivity contribution in [1.29, 1.82) is 0 Å². The van der Waals surface area contributed by atoms with Crippen LogP contribution in [0, 0.1) is 10.1 Å². The van der Waals surface area contributed by atoms with Crippen LogP contribution in [-0.4, -0.2) is 47.8 Å². The van der Waals surface area contributed by atoms with Crippen molar-refractivity contribution >= 4 is 49.1 Å². The molecule has 12 heavy (non-hydrogen) atoms. The molecule has 0 saturated carbocycles. The molecule has 0 aliphatic heterocycles. The van der Waals surface area contributed by atoms with E-state index in [1.54, 1.807) is 0 Å². The van der Waals surface area contributed by atoms with Crippen LogP contribution in [0.1, 0.15) is 2.85 Å². The fourth-order valence-corrected chi connectivity index (χ4v) is 0.700. The average molecular weight is 196 g/mol. The van der Waals surface area contributed by atoms with Crippen molar-refractivity contribution in [2.75, 3.05) is 5.73 Å². The molecule has 0 saturated heterocycles. The van der Waals surface area contributed by atoms with Gasteiger partial charge in [-0.15, -0.1) is 0 Å². The molecule has 0 atom stereocenters. The van der Waals surface area contributed by atoms with Crippen LogP contribution in [-0.2, 0) is 0 Å². The summed E-state index contributed by atoms with van der Waals surface area (Å²) in [5, 5.41) is 19.1. The molecule has 0 bridgehead atoms. The van der Waals surface area contributed by atoms with Crippen molar-refractivity contribution in [1.82, 2.24) is 0 Å². The largest absolute Gasteiger partial charge is 2.00 e. The van der Waals surface area contributed by atoms with Crippen LogP contribution in [0.2, 0.25) is 0 Å². The zero-order valence-electron chi connectivity index (χ0n) is 8.23. The van der Waals surface area contributed by atoms with Crippen LogP contribution in [0.15, 0.2) is 18.2 Å². The fourth-order valence-electron chi connectivity index (χ4n) is 0.700. The van der Waals surface area contributed by atoms with Gasteiger partial charge in [-0.1, -0.05) is 6.07 Å². The Kier molecular flexibility index (Phi) is 4.30. The van der Waals surface area contributed by atoms with Crippen LogP contribution in [0.3, 0.4) is 0 Å². The van der Waals surface area contributed by atoms with E-state index in [1.807, 2.05) is 0 Å². The van der Waals surface area contributed by atoms with Gasteiger partial charge in [0.2, 0.25) is 0 Å². The molecule has 0 unspecified atom stereocenters. The van der Waals surface area contributed by atoms with Gasteiger partial charge in [0.25, 0.3) is 5.69 Å². The van der Waals surface area contributed by atoms with Crippen molar-refractivity contribution in [3.05, 3.63) is 28.3 Å². The number of aromatic hydroxyl groups is 1. The van der Waals surface area contributed by atoms with Gasteiger partial charge in [-0.3, -0.25) is 10.1 Å². The Morgan fingerprint density at radius 2 is 2.17 bits per heavy atom. The third-order valence-corrected chi connectivity index (χ3v) is 1.26. The van der Waals surface area contributed by atoms with Crippen LogP contribution < -0.4 is 5.73 Å². The van der Waals surface area contributed by atoms with Crippen LogP contribution >= 0.6 is 0 Å². The molecule has 0 aliphatic rings. The molecule has 5 nitrogen and oxygen atoms in total. The van der Waals surface area contributed by atoms with Crippen molar-refractivity contribution in [3.63, 3.8) is 0 Å². The molecule has 0 fully saturated rings. The molecular formula is C6H8CaN2O3. The molecule has 1 aromatic carbocycles. The van der Waals surface area contributed by atoms with Crippen LogP contribution in [0.4, 0.5) is 11.4 Å². The number of phenols is 1. The minimum absolute atomic E-state index is 0. The van der Waals surface area contributed by atoms with Gasteiger partial charge in [-0.25, -0.2) is 0 Å². The van der Waals surface area contributed by atoms with E-state index < -0.39 is 4.92 Å². The molecule has 6 heteroatoms. The van der Waals surface area contributed by atoms with Crippen molar-refractivity contribution < 1.29 is 12.9 Å². The molecule has 0 heterocycles. The maximum Gasteiger partial charge on any atom is 2.00 e. The Bertz CT molecular complexity index is 311. The fraction of sp³-hybridized carbons (Fsp3) is 0. The number of hydrogen-bond donors (Lipinski definition) is 2. The maximum atomic E-state index is 10.2. The summed E-state index contributed by atoms with van der Waals surface area (Å²) in [7, 11) is 0. The summed E-state index contributed by atoms with van der Waals surface area (Å²) in [6.07, 6.45) is 0. The first-order valence-electron chi connectivity index (χ1n) is 2.85. The monoisotopic (exact) mass is 196 g/mol. The van der Waals surface area contributed by atoms with E-state index in [4.69, 9.17) is 10.8 Å². The third-order valence-electron chi connectivity index (χ3n) is 1.26. The van der Waals surface area contributed by atoms with E-state index in [-0.39, 0.29) is 57.7 Å². The summed E-state index contributed by atoms with van der Waals surface area (Å²) >= 11 is 0. The second-order valence-corrected chi connectivity index (χ2v) is 1.97. The van der Waals surface area contributed by atoms with Crippen LogP contribution in [0.25, 0.3) is 0 Å². The predicted octanol–water partition coefficient (Wildman–Crippen LogP) is 0.727. The van der Waals surface area contributed by atoms with E-state index >= 15 is 0 Å². The quantitative estimate of drug-likeness (QED) is 0.228. The van der Waals surface area contributed by atoms with Crippen molar-refractivity contribution in [3.8, 4) is 5.75 Å². The number of nitrogen functional groups attached to an aromatic ring is 1. The number of para-hydroxylation sites is 1.